The summed E-state index contributed by atoms with van der Waals surface area (Å²) < 4.78 is 0. The molecule has 0 saturated carbocycles. The van der Waals surface area contributed by atoms with Crippen molar-refractivity contribution in [3.05, 3.63) is 22.3 Å². The lowest BCUT2D eigenvalue weighted by Gasteiger charge is -2.39. The van der Waals surface area contributed by atoms with E-state index in [2.05, 4.69) is 14.8 Å². The number of carbonyl (C=O) groups excluding carboxylic acids is 2. The van der Waals surface area contributed by atoms with Gasteiger partial charge in [-0.1, -0.05) is 23.2 Å². The maximum absolute atomic E-state index is 12.8. The highest BCUT2D eigenvalue weighted by Gasteiger charge is 2.47. The van der Waals surface area contributed by atoms with Gasteiger partial charge in [-0.3, -0.25) is 14.5 Å². The quantitative estimate of drug-likeness (QED) is 0.720. The topological polar surface area (TPSA) is 60.0 Å². The molecule has 1 aromatic heterocycles. The number of rotatable bonds is 3. The van der Waals surface area contributed by atoms with Gasteiger partial charge in [0.1, 0.15) is 5.82 Å². The summed E-state index contributed by atoms with van der Waals surface area (Å²) >= 11 is 12.2. The molecule has 0 radical (unpaired) electrons. The lowest BCUT2D eigenvalue weighted by atomic mass is 9.77. The first-order valence-electron chi connectivity index (χ1n) is 10.2. The molecule has 2 amide bonds. The third-order valence-electron chi connectivity index (χ3n) is 6.62. The molecular weight excluding hydrogens is 413 g/mol. The van der Waals surface area contributed by atoms with Gasteiger partial charge < -0.3 is 14.7 Å². The van der Waals surface area contributed by atoms with E-state index in [1.165, 1.54) is 0 Å². The van der Waals surface area contributed by atoms with Crippen LogP contribution in [-0.2, 0) is 9.59 Å². The Kier molecular flexibility index (Phi) is 5.91. The van der Waals surface area contributed by atoms with Crippen molar-refractivity contribution in [2.24, 2.45) is 5.41 Å². The predicted molar refractivity (Wildman–Crippen MR) is 113 cm³/mol. The Morgan fingerprint density at radius 1 is 1.07 bits per heavy atom. The molecule has 3 aliphatic rings. The molecule has 3 aliphatic heterocycles. The van der Waals surface area contributed by atoms with Crippen molar-refractivity contribution in [3.63, 3.8) is 0 Å². The van der Waals surface area contributed by atoms with E-state index in [1.54, 1.807) is 12.3 Å². The summed E-state index contributed by atoms with van der Waals surface area (Å²) in [6.45, 7) is 5.62. The fourth-order valence-electron chi connectivity index (χ4n) is 4.70. The minimum Gasteiger partial charge on any atom is -0.352 e. The van der Waals surface area contributed by atoms with Crippen molar-refractivity contribution < 1.29 is 9.59 Å². The van der Waals surface area contributed by atoms with Crippen molar-refractivity contribution in [2.45, 2.75) is 19.3 Å². The zero-order chi connectivity index (χ0) is 20.6. The number of aromatic nitrogens is 1. The summed E-state index contributed by atoms with van der Waals surface area (Å²) in [6, 6.07) is 1.69. The normalized spacial score (nSPS) is 22.6. The molecule has 7 nitrogen and oxygen atoms in total. The molecule has 0 N–H and O–H groups in total. The molecular formula is C20H27Cl2N5O2. The van der Waals surface area contributed by atoms with E-state index in [1.807, 2.05) is 16.8 Å². The highest BCUT2D eigenvalue weighted by atomic mass is 35.5. The summed E-state index contributed by atoms with van der Waals surface area (Å²) in [5, 5.41) is 1.05. The summed E-state index contributed by atoms with van der Waals surface area (Å²) in [5.74, 6) is 1.16. The number of nitrogens with zero attached hydrogens (tertiary/aromatic N) is 5. The Bertz CT molecular complexity index is 789. The van der Waals surface area contributed by atoms with E-state index in [4.69, 9.17) is 23.2 Å². The Hall–Kier alpha value is -1.57. The maximum Gasteiger partial charge on any atom is 0.236 e. The molecule has 0 aromatic carbocycles. The van der Waals surface area contributed by atoms with E-state index >= 15 is 0 Å². The molecule has 9 heteroatoms. The number of carbonyl (C=O) groups is 2. The molecule has 3 fully saturated rings. The van der Waals surface area contributed by atoms with E-state index < -0.39 is 0 Å². The summed E-state index contributed by atoms with van der Waals surface area (Å²) in [6.07, 6.45) is 4.26. The number of pyridine rings is 1. The minimum atomic E-state index is -0.176. The second kappa shape index (κ2) is 8.28. The average Bonchev–Trinajstić information content (AvgIpc) is 2.99. The number of hydrogen-bond acceptors (Lipinski definition) is 5. The van der Waals surface area contributed by atoms with E-state index in [9.17, 15) is 9.59 Å². The van der Waals surface area contributed by atoms with Gasteiger partial charge in [-0.15, -0.1) is 0 Å². The van der Waals surface area contributed by atoms with Crippen LogP contribution >= 0.6 is 23.2 Å². The van der Waals surface area contributed by atoms with Crippen LogP contribution in [0.15, 0.2) is 12.3 Å². The Balaban J connectivity index is 1.26. The van der Waals surface area contributed by atoms with Crippen molar-refractivity contribution in [2.75, 3.05) is 64.3 Å². The molecule has 158 valence electrons. The Morgan fingerprint density at radius 2 is 1.72 bits per heavy atom. The van der Waals surface area contributed by atoms with E-state index in [-0.39, 0.29) is 17.2 Å². The second-order valence-electron chi connectivity index (χ2n) is 8.36. The fraction of sp³-hybridized carbons (Fsp3) is 0.650. The molecule has 1 spiro atoms. The number of anilines is 1. The van der Waals surface area contributed by atoms with Gasteiger partial charge in [0.15, 0.2) is 0 Å². The lowest BCUT2D eigenvalue weighted by Crippen LogP contribution is -2.53. The smallest absolute Gasteiger partial charge is 0.236 e. The first-order valence-corrected chi connectivity index (χ1v) is 11.0. The van der Waals surface area contributed by atoms with Gasteiger partial charge in [-0.2, -0.15) is 0 Å². The number of piperazine rings is 1. The highest BCUT2D eigenvalue weighted by Crippen LogP contribution is 2.40. The summed E-state index contributed by atoms with van der Waals surface area (Å²) in [5.41, 5.74) is -0.176. The lowest BCUT2D eigenvalue weighted by molar-refractivity contribution is -0.138. The van der Waals surface area contributed by atoms with Gasteiger partial charge in [0, 0.05) is 46.0 Å². The average molecular weight is 440 g/mol. The number of halogens is 2. The predicted octanol–water partition coefficient (Wildman–Crippen LogP) is 1.98. The Labute approximate surface area is 181 Å². The van der Waals surface area contributed by atoms with Gasteiger partial charge in [0.2, 0.25) is 11.8 Å². The molecule has 1 aromatic rings. The summed E-state index contributed by atoms with van der Waals surface area (Å²) in [4.78, 5) is 37.6. The zero-order valence-electron chi connectivity index (χ0n) is 16.7. The maximum atomic E-state index is 12.8. The monoisotopic (exact) mass is 439 g/mol. The Morgan fingerprint density at radius 3 is 2.31 bits per heavy atom. The number of hydrogen-bond donors (Lipinski definition) is 0. The minimum absolute atomic E-state index is 0.158. The van der Waals surface area contributed by atoms with Crippen LogP contribution in [0.5, 0.6) is 0 Å². The van der Waals surface area contributed by atoms with Crippen molar-refractivity contribution in [3.8, 4) is 0 Å². The first kappa shape index (κ1) is 20.7. The van der Waals surface area contributed by atoms with Crippen LogP contribution in [0.25, 0.3) is 0 Å². The van der Waals surface area contributed by atoms with Crippen molar-refractivity contribution >= 4 is 40.8 Å². The summed E-state index contributed by atoms with van der Waals surface area (Å²) in [7, 11) is 1.89. The molecule has 0 aliphatic carbocycles. The van der Waals surface area contributed by atoms with Crippen LogP contribution < -0.4 is 4.90 Å². The molecule has 4 rings (SSSR count). The van der Waals surface area contributed by atoms with E-state index in [0.29, 0.717) is 42.8 Å². The van der Waals surface area contributed by atoms with Crippen LogP contribution in [0.3, 0.4) is 0 Å². The van der Waals surface area contributed by atoms with Crippen LogP contribution in [0.2, 0.25) is 10.0 Å². The third kappa shape index (κ3) is 4.18. The van der Waals surface area contributed by atoms with Crippen LogP contribution in [0, 0.1) is 5.41 Å². The standard InChI is InChI=1S/C20H27Cl2N5O2/c1-24-5-2-20(19(24)29)3-6-25(7-4-20)14-17(28)26-8-10-27(11-9-26)18-16(22)12-15(21)13-23-18/h12-13H,2-11,14H2,1H3. The van der Waals surface area contributed by atoms with Gasteiger partial charge in [-0.25, -0.2) is 4.98 Å². The fourth-order valence-corrected chi connectivity index (χ4v) is 5.20. The largest absolute Gasteiger partial charge is 0.352 e. The van der Waals surface area contributed by atoms with Crippen molar-refractivity contribution in [1.82, 2.24) is 19.7 Å². The van der Waals surface area contributed by atoms with Gasteiger partial charge in [0.25, 0.3) is 0 Å². The van der Waals surface area contributed by atoms with Gasteiger partial charge in [-0.05, 0) is 38.4 Å². The van der Waals surface area contributed by atoms with Crippen molar-refractivity contribution in [1.29, 1.82) is 0 Å². The highest BCUT2D eigenvalue weighted by molar-refractivity contribution is 6.36. The van der Waals surface area contributed by atoms with Crippen LogP contribution in [0.4, 0.5) is 5.82 Å². The van der Waals surface area contributed by atoms with E-state index in [0.717, 1.165) is 44.7 Å². The third-order valence-corrected chi connectivity index (χ3v) is 7.10. The van der Waals surface area contributed by atoms with Crippen LogP contribution in [-0.4, -0.2) is 90.9 Å². The molecule has 0 unspecified atom stereocenters. The molecule has 4 heterocycles. The number of amides is 2. The molecule has 29 heavy (non-hydrogen) atoms. The number of likely N-dealkylation sites (tertiary alicyclic amines) is 2. The molecule has 3 saturated heterocycles. The zero-order valence-corrected chi connectivity index (χ0v) is 18.3. The second-order valence-corrected chi connectivity index (χ2v) is 9.20. The van der Waals surface area contributed by atoms with Crippen LogP contribution in [0.1, 0.15) is 19.3 Å². The van der Waals surface area contributed by atoms with Gasteiger partial charge >= 0.3 is 0 Å². The van der Waals surface area contributed by atoms with Gasteiger partial charge in [0.05, 0.1) is 22.0 Å². The first-order chi connectivity index (χ1) is 13.9. The SMILES string of the molecule is CN1CCC2(CCN(CC(=O)N3CCN(c4ncc(Cl)cc4Cl)CC3)CC2)C1=O. The number of piperidine rings is 1. The molecule has 0 atom stereocenters. The molecule has 0 bridgehead atoms.